The number of likely N-dealkylation sites (tertiary alicyclic amines) is 1. The molecular weight excluding hydrogens is 214 g/mol. The summed E-state index contributed by atoms with van der Waals surface area (Å²) in [4.78, 5) is 6.41. The van der Waals surface area contributed by atoms with E-state index in [0.29, 0.717) is 11.7 Å². The molecule has 0 saturated carbocycles. The van der Waals surface area contributed by atoms with E-state index in [1.54, 1.807) is 0 Å². The molecule has 0 amide bonds. The summed E-state index contributed by atoms with van der Waals surface area (Å²) in [5.74, 6) is 1.12. The Balaban J connectivity index is 2.14. The summed E-state index contributed by atoms with van der Waals surface area (Å²) in [7, 11) is 2.16. The van der Waals surface area contributed by atoms with Gasteiger partial charge in [-0.1, -0.05) is 0 Å². The number of aryl methyl sites for hydroxylation is 1. The molecule has 1 fully saturated rings. The second-order valence-electron chi connectivity index (χ2n) is 4.91. The fourth-order valence-corrected chi connectivity index (χ4v) is 2.75. The van der Waals surface area contributed by atoms with Gasteiger partial charge in [0.1, 0.15) is 11.8 Å². The number of nitrogens with two attached hydrogens (primary N) is 1. The third kappa shape index (κ3) is 1.58. The number of fused-ring (bicyclic) bond motifs is 1. The summed E-state index contributed by atoms with van der Waals surface area (Å²) < 4.78 is 1.96. The second-order valence-corrected chi connectivity index (χ2v) is 4.91. The molecule has 90 valence electrons. The van der Waals surface area contributed by atoms with Crippen molar-refractivity contribution in [1.82, 2.24) is 19.5 Å². The minimum atomic E-state index is 0.551. The summed E-state index contributed by atoms with van der Waals surface area (Å²) >= 11 is 0. The van der Waals surface area contributed by atoms with Crippen LogP contribution in [0.4, 0.5) is 5.82 Å². The molecule has 1 atom stereocenters. The van der Waals surface area contributed by atoms with E-state index >= 15 is 0 Å². The molecule has 1 aliphatic heterocycles. The molecule has 0 aromatic carbocycles. The zero-order chi connectivity index (χ0) is 12.0. The molecule has 1 aliphatic rings. The number of nitrogen functional groups attached to an aromatic ring is 1. The largest absolute Gasteiger partial charge is 0.382 e. The summed E-state index contributed by atoms with van der Waals surface area (Å²) in [6, 6.07) is 2.20. The molecule has 1 saturated heterocycles. The first-order valence-electron chi connectivity index (χ1n) is 5.94. The highest BCUT2D eigenvalue weighted by Gasteiger charge is 2.25. The summed E-state index contributed by atoms with van der Waals surface area (Å²) in [6.45, 7) is 4.31. The normalized spacial score (nSPS) is 21.4. The first-order chi connectivity index (χ1) is 8.16. The van der Waals surface area contributed by atoms with E-state index in [4.69, 9.17) is 5.73 Å². The first kappa shape index (κ1) is 10.5. The molecule has 5 nitrogen and oxygen atoms in total. The number of aromatic nitrogens is 3. The highest BCUT2D eigenvalue weighted by molar-refractivity contribution is 5.70. The monoisotopic (exact) mass is 231 g/mol. The van der Waals surface area contributed by atoms with E-state index in [9.17, 15) is 0 Å². The lowest BCUT2D eigenvalue weighted by Gasteiger charge is -2.10. The standard InChI is InChI=1S/C12H17N5/c1-8-5-10(9-3-4-16(2)6-9)17-11(8)12(13)14-7-15-17/h5,7,9H,3-4,6H2,1-2H3,(H2,13,14,15). The van der Waals surface area contributed by atoms with Crippen LogP contribution in [-0.2, 0) is 0 Å². The average Bonchev–Trinajstić information content (AvgIpc) is 2.84. The van der Waals surface area contributed by atoms with Crippen LogP contribution in [0.15, 0.2) is 12.4 Å². The summed E-state index contributed by atoms with van der Waals surface area (Å²) in [5.41, 5.74) is 9.29. The number of anilines is 1. The van der Waals surface area contributed by atoms with Crippen molar-refractivity contribution in [3.8, 4) is 0 Å². The van der Waals surface area contributed by atoms with Crippen LogP contribution in [-0.4, -0.2) is 39.6 Å². The molecule has 5 heteroatoms. The molecule has 0 spiro atoms. The Bertz CT molecular complexity index is 559. The Morgan fingerprint density at radius 3 is 3.00 bits per heavy atom. The van der Waals surface area contributed by atoms with Crippen molar-refractivity contribution in [3.05, 3.63) is 23.7 Å². The SMILES string of the molecule is Cc1cc(C2CCN(C)C2)n2ncnc(N)c12. The summed E-state index contributed by atoms with van der Waals surface area (Å²) in [5, 5.41) is 4.34. The van der Waals surface area contributed by atoms with Crippen LogP contribution in [0.3, 0.4) is 0 Å². The predicted octanol–water partition coefficient (Wildman–Crippen LogP) is 1.04. The van der Waals surface area contributed by atoms with Crippen LogP contribution >= 0.6 is 0 Å². The van der Waals surface area contributed by atoms with Gasteiger partial charge in [-0.25, -0.2) is 9.50 Å². The van der Waals surface area contributed by atoms with Crippen molar-refractivity contribution in [1.29, 1.82) is 0 Å². The zero-order valence-corrected chi connectivity index (χ0v) is 10.2. The second kappa shape index (κ2) is 3.70. The van der Waals surface area contributed by atoms with Gasteiger partial charge in [0.2, 0.25) is 0 Å². The Kier molecular flexibility index (Phi) is 2.29. The van der Waals surface area contributed by atoms with Crippen molar-refractivity contribution in [3.63, 3.8) is 0 Å². The lowest BCUT2D eigenvalue weighted by atomic mass is 10.1. The zero-order valence-electron chi connectivity index (χ0n) is 10.2. The molecule has 0 aliphatic carbocycles. The van der Waals surface area contributed by atoms with E-state index in [1.807, 2.05) is 4.52 Å². The Morgan fingerprint density at radius 1 is 1.47 bits per heavy atom. The van der Waals surface area contributed by atoms with Gasteiger partial charge in [0, 0.05) is 18.2 Å². The Hall–Kier alpha value is -1.62. The highest BCUT2D eigenvalue weighted by atomic mass is 15.3. The number of likely N-dealkylation sites (N-methyl/N-ethyl adjacent to an activating group) is 1. The summed E-state index contributed by atoms with van der Waals surface area (Å²) in [6.07, 6.45) is 2.72. The molecule has 2 aromatic heterocycles. The van der Waals surface area contributed by atoms with E-state index in [0.717, 1.165) is 24.2 Å². The van der Waals surface area contributed by atoms with Crippen molar-refractivity contribution in [2.45, 2.75) is 19.3 Å². The molecule has 17 heavy (non-hydrogen) atoms. The van der Waals surface area contributed by atoms with Gasteiger partial charge >= 0.3 is 0 Å². The van der Waals surface area contributed by atoms with Crippen molar-refractivity contribution in [2.75, 3.05) is 25.9 Å². The molecule has 1 unspecified atom stereocenters. The van der Waals surface area contributed by atoms with Crippen LogP contribution in [0.1, 0.15) is 23.6 Å². The van der Waals surface area contributed by atoms with E-state index in [2.05, 4.69) is 35.0 Å². The number of hydrogen-bond acceptors (Lipinski definition) is 4. The maximum absolute atomic E-state index is 5.91. The maximum atomic E-state index is 5.91. The van der Waals surface area contributed by atoms with Gasteiger partial charge in [0.25, 0.3) is 0 Å². The molecule has 2 N–H and O–H groups in total. The first-order valence-corrected chi connectivity index (χ1v) is 5.94. The van der Waals surface area contributed by atoms with Gasteiger partial charge in [-0.2, -0.15) is 5.10 Å². The number of hydrogen-bond donors (Lipinski definition) is 1. The molecular formula is C12H17N5. The van der Waals surface area contributed by atoms with Gasteiger partial charge in [0.05, 0.1) is 0 Å². The van der Waals surface area contributed by atoms with Crippen molar-refractivity contribution >= 4 is 11.3 Å². The Labute approximate surface area is 100 Å². The van der Waals surface area contributed by atoms with Crippen LogP contribution in [0.5, 0.6) is 0 Å². The number of nitrogens with zero attached hydrogens (tertiary/aromatic N) is 4. The third-order valence-electron chi connectivity index (χ3n) is 3.61. The lowest BCUT2D eigenvalue weighted by molar-refractivity contribution is 0.410. The molecule has 0 bridgehead atoms. The maximum Gasteiger partial charge on any atom is 0.151 e. The fourth-order valence-electron chi connectivity index (χ4n) is 2.75. The van der Waals surface area contributed by atoms with Crippen LogP contribution in [0.25, 0.3) is 5.52 Å². The van der Waals surface area contributed by atoms with E-state index < -0.39 is 0 Å². The lowest BCUT2D eigenvalue weighted by Crippen LogP contribution is -2.14. The van der Waals surface area contributed by atoms with Crippen LogP contribution < -0.4 is 5.73 Å². The average molecular weight is 231 g/mol. The topological polar surface area (TPSA) is 59.5 Å². The van der Waals surface area contributed by atoms with Gasteiger partial charge in [-0.15, -0.1) is 0 Å². The number of rotatable bonds is 1. The van der Waals surface area contributed by atoms with Crippen LogP contribution in [0.2, 0.25) is 0 Å². The molecule has 3 heterocycles. The molecule has 3 rings (SSSR count). The van der Waals surface area contributed by atoms with Crippen molar-refractivity contribution < 1.29 is 0 Å². The van der Waals surface area contributed by atoms with Gasteiger partial charge in [0.15, 0.2) is 5.82 Å². The van der Waals surface area contributed by atoms with Gasteiger partial charge < -0.3 is 10.6 Å². The smallest absolute Gasteiger partial charge is 0.151 e. The highest BCUT2D eigenvalue weighted by Crippen LogP contribution is 2.30. The van der Waals surface area contributed by atoms with Crippen LogP contribution in [0, 0.1) is 6.92 Å². The van der Waals surface area contributed by atoms with E-state index in [1.165, 1.54) is 18.4 Å². The predicted molar refractivity (Wildman–Crippen MR) is 67.0 cm³/mol. The van der Waals surface area contributed by atoms with E-state index in [-0.39, 0.29) is 0 Å². The minimum Gasteiger partial charge on any atom is -0.382 e. The third-order valence-corrected chi connectivity index (χ3v) is 3.61. The molecule has 2 aromatic rings. The fraction of sp³-hybridized carbons (Fsp3) is 0.500. The van der Waals surface area contributed by atoms with Gasteiger partial charge in [-0.3, -0.25) is 0 Å². The van der Waals surface area contributed by atoms with Crippen molar-refractivity contribution in [2.24, 2.45) is 0 Å². The Morgan fingerprint density at radius 2 is 2.29 bits per heavy atom. The quantitative estimate of drug-likeness (QED) is 0.796. The van der Waals surface area contributed by atoms with Gasteiger partial charge in [-0.05, 0) is 38.6 Å². The molecule has 0 radical (unpaired) electrons. The minimum absolute atomic E-state index is 0.551.